The van der Waals surface area contributed by atoms with E-state index in [-0.39, 0.29) is 17.8 Å². The Morgan fingerprint density at radius 2 is 1.93 bits per heavy atom. The molecule has 14 heavy (non-hydrogen) atoms. The standard InChI is InChI=1S/C10H19NO3/c1-5-7(3)9(11-8(4)12)10(13)14-6-2/h7,9H,5-6H2,1-4H3,(H,11,12)/t7-,9-/m0/s1. The smallest absolute Gasteiger partial charge is 0.328 e. The van der Waals surface area contributed by atoms with E-state index in [4.69, 9.17) is 4.74 Å². The summed E-state index contributed by atoms with van der Waals surface area (Å²) in [6, 6.07) is -0.516. The first-order chi connectivity index (χ1) is 6.52. The molecule has 0 aliphatic rings. The molecule has 82 valence electrons. The average molecular weight is 201 g/mol. The minimum absolute atomic E-state index is 0.0953. The van der Waals surface area contributed by atoms with Crippen LogP contribution in [0, 0.1) is 5.92 Å². The van der Waals surface area contributed by atoms with Crippen LogP contribution >= 0.6 is 0 Å². The molecule has 4 heteroatoms. The van der Waals surface area contributed by atoms with Gasteiger partial charge in [0.05, 0.1) is 6.61 Å². The second-order valence-corrected chi connectivity index (χ2v) is 3.32. The van der Waals surface area contributed by atoms with Crippen LogP contribution in [0.4, 0.5) is 0 Å². The lowest BCUT2D eigenvalue weighted by molar-refractivity contribution is -0.148. The fourth-order valence-corrected chi connectivity index (χ4v) is 1.12. The van der Waals surface area contributed by atoms with Crippen molar-refractivity contribution < 1.29 is 14.3 Å². The van der Waals surface area contributed by atoms with E-state index in [1.807, 2.05) is 13.8 Å². The molecule has 0 radical (unpaired) electrons. The third kappa shape index (κ3) is 4.25. The lowest BCUT2D eigenvalue weighted by atomic mass is 9.99. The number of esters is 1. The molecule has 0 fully saturated rings. The molecular formula is C10H19NO3. The first-order valence-corrected chi connectivity index (χ1v) is 4.96. The zero-order chi connectivity index (χ0) is 11.1. The van der Waals surface area contributed by atoms with Gasteiger partial charge in [0.2, 0.25) is 5.91 Å². The summed E-state index contributed by atoms with van der Waals surface area (Å²) in [6.07, 6.45) is 0.823. The molecule has 2 atom stereocenters. The fourth-order valence-electron chi connectivity index (χ4n) is 1.12. The van der Waals surface area contributed by atoms with Crippen molar-refractivity contribution in [2.75, 3.05) is 6.61 Å². The van der Waals surface area contributed by atoms with Crippen molar-refractivity contribution in [2.45, 2.75) is 40.2 Å². The summed E-state index contributed by atoms with van der Waals surface area (Å²) < 4.78 is 4.87. The summed E-state index contributed by atoms with van der Waals surface area (Å²) in [5, 5.41) is 2.60. The molecule has 0 spiro atoms. The monoisotopic (exact) mass is 201 g/mol. The summed E-state index contributed by atoms with van der Waals surface area (Å²) in [4.78, 5) is 22.3. The molecule has 0 bridgehead atoms. The number of ether oxygens (including phenoxy) is 1. The average Bonchev–Trinajstić information content (AvgIpc) is 2.13. The number of nitrogens with one attached hydrogen (secondary N) is 1. The van der Waals surface area contributed by atoms with Gasteiger partial charge in [0, 0.05) is 6.92 Å². The Bertz CT molecular complexity index is 204. The molecule has 0 heterocycles. The molecule has 0 saturated carbocycles. The quantitative estimate of drug-likeness (QED) is 0.678. The third-order valence-electron chi connectivity index (χ3n) is 2.11. The topological polar surface area (TPSA) is 55.4 Å². The largest absolute Gasteiger partial charge is 0.464 e. The maximum absolute atomic E-state index is 11.4. The molecular weight excluding hydrogens is 182 g/mol. The zero-order valence-electron chi connectivity index (χ0n) is 9.29. The number of carbonyl (C=O) groups excluding carboxylic acids is 2. The van der Waals surface area contributed by atoms with Gasteiger partial charge in [-0.15, -0.1) is 0 Å². The molecule has 0 aromatic rings. The summed E-state index contributed by atoms with van der Waals surface area (Å²) in [5.74, 6) is -0.460. The third-order valence-corrected chi connectivity index (χ3v) is 2.11. The summed E-state index contributed by atoms with van der Waals surface area (Å²) >= 11 is 0. The molecule has 1 amide bonds. The van der Waals surface area contributed by atoms with Crippen LogP contribution in [-0.2, 0) is 14.3 Å². The Morgan fingerprint density at radius 1 is 1.36 bits per heavy atom. The van der Waals surface area contributed by atoms with Crippen LogP contribution in [0.3, 0.4) is 0 Å². The highest BCUT2D eigenvalue weighted by Gasteiger charge is 2.25. The molecule has 1 N–H and O–H groups in total. The van der Waals surface area contributed by atoms with Crippen molar-refractivity contribution in [1.29, 1.82) is 0 Å². The van der Waals surface area contributed by atoms with Gasteiger partial charge in [-0.3, -0.25) is 4.79 Å². The molecule has 0 saturated heterocycles. The second-order valence-electron chi connectivity index (χ2n) is 3.32. The Labute approximate surface area is 85.0 Å². The minimum Gasteiger partial charge on any atom is -0.464 e. The van der Waals surface area contributed by atoms with Crippen LogP contribution < -0.4 is 5.32 Å². The van der Waals surface area contributed by atoms with Crippen molar-refractivity contribution in [3.63, 3.8) is 0 Å². The maximum Gasteiger partial charge on any atom is 0.328 e. The normalized spacial score (nSPS) is 14.3. The lowest BCUT2D eigenvalue weighted by Gasteiger charge is -2.21. The molecule has 0 aromatic heterocycles. The van der Waals surface area contributed by atoms with Gasteiger partial charge in [0.1, 0.15) is 6.04 Å². The first-order valence-electron chi connectivity index (χ1n) is 4.96. The number of hydrogen-bond donors (Lipinski definition) is 1. The summed E-state index contributed by atoms with van der Waals surface area (Å²) in [7, 11) is 0. The summed E-state index contributed by atoms with van der Waals surface area (Å²) in [5.41, 5.74) is 0. The Hall–Kier alpha value is -1.06. The summed E-state index contributed by atoms with van der Waals surface area (Å²) in [6.45, 7) is 7.37. The van der Waals surface area contributed by atoms with Crippen LogP contribution in [0.2, 0.25) is 0 Å². The van der Waals surface area contributed by atoms with Gasteiger partial charge in [-0.1, -0.05) is 20.3 Å². The van der Waals surface area contributed by atoms with E-state index in [0.29, 0.717) is 6.61 Å². The minimum atomic E-state index is -0.516. The van der Waals surface area contributed by atoms with Gasteiger partial charge in [-0.05, 0) is 12.8 Å². The van der Waals surface area contributed by atoms with E-state index in [1.54, 1.807) is 6.92 Å². The first kappa shape index (κ1) is 12.9. The highest BCUT2D eigenvalue weighted by molar-refractivity contribution is 5.83. The number of carbonyl (C=O) groups is 2. The van der Waals surface area contributed by atoms with Gasteiger partial charge >= 0.3 is 5.97 Å². The van der Waals surface area contributed by atoms with Gasteiger partial charge in [0.15, 0.2) is 0 Å². The second kappa shape index (κ2) is 6.40. The molecule has 0 unspecified atom stereocenters. The van der Waals surface area contributed by atoms with E-state index in [9.17, 15) is 9.59 Å². The fraction of sp³-hybridized carbons (Fsp3) is 0.800. The van der Waals surface area contributed by atoms with Crippen molar-refractivity contribution in [3.8, 4) is 0 Å². The van der Waals surface area contributed by atoms with Crippen LogP contribution in [-0.4, -0.2) is 24.5 Å². The SMILES string of the molecule is CCOC(=O)[C@@H](NC(C)=O)[C@@H](C)CC. The molecule has 0 rings (SSSR count). The number of amides is 1. The molecule has 0 aliphatic carbocycles. The van der Waals surface area contributed by atoms with E-state index in [0.717, 1.165) is 6.42 Å². The van der Waals surface area contributed by atoms with Gasteiger partial charge in [0.25, 0.3) is 0 Å². The van der Waals surface area contributed by atoms with Gasteiger partial charge in [-0.2, -0.15) is 0 Å². The van der Waals surface area contributed by atoms with Crippen molar-refractivity contribution in [2.24, 2.45) is 5.92 Å². The predicted octanol–water partition coefficient (Wildman–Crippen LogP) is 1.10. The Kier molecular flexibility index (Phi) is 5.92. The van der Waals surface area contributed by atoms with Crippen molar-refractivity contribution in [1.82, 2.24) is 5.32 Å². The van der Waals surface area contributed by atoms with Crippen molar-refractivity contribution >= 4 is 11.9 Å². The highest BCUT2D eigenvalue weighted by Crippen LogP contribution is 2.09. The highest BCUT2D eigenvalue weighted by atomic mass is 16.5. The molecule has 0 aromatic carbocycles. The predicted molar refractivity (Wildman–Crippen MR) is 53.7 cm³/mol. The lowest BCUT2D eigenvalue weighted by Crippen LogP contribution is -2.45. The Balaban J connectivity index is 4.37. The van der Waals surface area contributed by atoms with Gasteiger partial charge in [-0.25, -0.2) is 4.79 Å². The zero-order valence-corrected chi connectivity index (χ0v) is 9.29. The van der Waals surface area contributed by atoms with Gasteiger partial charge < -0.3 is 10.1 Å². The van der Waals surface area contributed by atoms with Crippen LogP contribution in [0.1, 0.15) is 34.1 Å². The van der Waals surface area contributed by atoms with E-state index in [1.165, 1.54) is 6.92 Å². The molecule has 4 nitrogen and oxygen atoms in total. The van der Waals surface area contributed by atoms with Crippen LogP contribution in [0.5, 0.6) is 0 Å². The van der Waals surface area contributed by atoms with Crippen LogP contribution in [0.25, 0.3) is 0 Å². The van der Waals surface area contributed by atoms with Crippen LogP contribution in [0.15, 0.2) is 0 Å². The molecule has 0 aliphatic heterocycles. The van der Waals surface area contributed by atoms with Crippen molar-refractivity contribution in [3.05, 3.63) is 0 Å². The maximum atomic E-state index is 11.4. The Morgan fingerprint density at radius 3 is 2.29 bits per heavy atom. The number of rotatable bonds is 5. The van der Waals surface area contributed by atoms with E-state index < -0.39 is 6.04 Å². The number of hydrogen-bond acceptors (Lipinski definition) is 3. The van der Waals surface area contributed by atoms with E-state index in [2.05, 4.69) is 5.32 Å². The van der Waals surface area contributed by atoms with E-state index >= 15 is 0 Å².